The summed E-state index contributed by atoms with van der Waals surface area (Å²) in [6.45, 7) is 4.80. The van der Waals surface area contributed by atoms with Crippen molar-refractivity contribution in [3.05, 3.63) is 230 Å². The fourth-order valence-corrected chi connectivity index (χ4v) is 11.9. The number of benzene rings is 10. The van der Waals surface area contributed by atoms with Crippen molar-refractivity contribution in [1.29, 1.82) is 0 Å². The van der Waals surface area contributed by atoms with Crippen LogP contribution < -0.4 is 4.90 Å². The maximum absolute atomic E-state index is 6.93. The molecule has 0 saturated carbocycles. The third-order valence-electron chi connectivity index (χ3n) is 15.0. The number of hydrogen-bond acceptors (Lipinski definition) is 2. The lowest BCUT2D eigenvalue weighted by atomic mass is 9.73. The maximum atomic E-state index is 6.93. The van der Waals surface area contributed by atoms with Gasteiger partial charge in [0.25, 0.3) is 0 Å². The average Bonchev–Trinajstić information content (AvgIpc) is 4.13. The van der Waals surface area contributed by atoms with Crippen molar-refractivity contribution in [3.8, 4) is 17.1 Å². The quantitative estimate of drug-likeness (QED) is 0.176. The highest BCUT2D eigenvalue weighted by molar-refractivity contribution is 6.14. The predicted molar refractivity (Wildman–Crippen MR) is 284 cm³/mol. The zero-order valence-corrected chi connectivity index (χ0v) is 37.5. The number of para-hydroxylation sites is 7. The predicted octanol–water partition coefficient (Wildman–Crippen LogP) is 17.0. The van der Waals surface area contributed by atoms with Crippen LogP contribution in [-0.2, 0) is 5.41 Å². The molecule has 5 nitrogen and oxygen atoms in total. The van der Waals surface area contributed by atoms with Crippen LogP contribution in [0.2, 0.25) is 0 Å². The summed E-state index contributed by atoms with van der Waals surface area (Å²) in [6.07, 6.45) is 0. The van der Waals surface area contributed by atoms with E-state index in [9.17, 15) is 0 Å². The molecule has 1 aliphatic heterocycles. The fraction of sp³-hybridized carbons (Fsp3) is 0.0476. The van der Waals surface area contributed by atoms with Crippen molar-refractivity contribution in [2.45, 2.75) is 19.3 Å². The fourth-order valence-electron chi connectivity index (χ4n) is 11.9. The highest BCUT2D eigenvalue weighted by atomic mass is 16.3. The second-order valence-electron chi connectivity index (χ2n) is 18.9. The van der Waals surface area contributed by atoms with Gasteiger partial charge in [-0.25, -0.2) is 0 Å². The smallest absolute Gasteiger partial charge is 0.159 e. The Kier molecular flexibility index (Phi) is 7.50. The highest BCUT2D eigenvalue weighted by Gasteiger charge is 2.38. The summed E-state index contributed by atoms with van der Waals surface area (Å²) < 4.78 is 14.2. The Hall–Kier alpha value is -8.80. The van der Waals surface area contributed by atoms with Crippen LogP contribution in [0.5, 0.6) is 0 Å². The van der Waals surface area contributed by atoms with Crippen molar-refractivity contribution in [2.75, 3.05) is 4.90 Å². The first-order valence-electron chi connectivity index (χ1n) is 23.5. The second-order valence-corrected chi connectivity index (χ2v) is 18.9. The number of aromatic nitrogens is 3. The summed E-state index contributed by atoms with van der Waals surface area (Å²) in [5.74, 6) is 0. The standard InChI is InChI=1S/C63H42N4O/c1-63(2)50-37-40(64-52-23-9-3-16-42(52)43-17-4-10-24-53(43)64)30-33-58(50)66(59-34-31-41(38-51(59)63)65-54-25-11-5-18-44(54)45-19-6-12-26-55(45)65)39-32-35-61-49(36-39)48-22-15-29-60(62(48)68-61)67-56-27-13-7-20-46(56)47-21-8-14-28-57(47)67/h3-38H,1-2H3. The molecule has 0 bridgehead atoms. The van der Waals surface area contributed by atoms with Gasteiger partial charge >= 0.3 is 0 Å². The normalized spacial score (nSPS) is 13.5. The van der Waals surface area contributed by atoms with E-state index in [2.05, 4.69) is 251 Å². The molecule has 0 saturated heterocycles. The SMILES string of the molecule is CC1(C)c2cc(-n3c4ccccc4c4ccccc43)ccc2N(c2ccc3oc4c(-n5c6ccccc6c6ccccc65)cccc4c3c2)c2ccc(-n3c4ccccc4c4ccccc43)cc21. The van der Waals surface area contributed by atoms with E-state index in [4.69, 9.17) is 4.42 Å². The van der Waals surface area contributed by atoms with Gasteiger partial charge in [0.05, 0.1) is 50.2 Å². The van der Waals surface area contributed by atoms with Gasteiger partial charge in [-0.3, -0.25) is 0 Å². The molecule has 5 heteroatoms. The summed E-state index contributed by atoms with van der Waals surface area (Å²) in [4.78, 5) is 2.48. The molecular weight excluding hydrogens is 829 g/mol. The minimum Gasteiger partial charge on any atom is -0.454 e. The summed E-state index contributed by atoms with van der Waals surface area (Å²) >= 11 is 0. The van der Waals surface area contributed by atoms with Crippen molar-refractivity contribution in [3.63, 3.8) is 0 Å². The van der Waals surface area contributed by atoms with E-state index >= 15 is 0 Å². The van der Waals surface area contributed by atoms with Crippen molar-refractivity contribution in [2.24, 2.45) is 0 Å². The van der Waals surface area contributed by atoms with Gasteiger partial charge < -0.3 is 23.0 Å². The Morgan fingerprint density at radius 3 is 1.13 bits per heavy atom. The van der Waals surface area contributed by atoms with E-state index in [-0.39, 0.29) is 5.41 Å². The van der Waals surface area contributed by atoms with Crippen LogP contribution in [0.25, 0.3) is 104 Å². The molecule has 5 heterocycles. The van der Waals surface area contributed by atoms with Gasteiger partial charge in [0.15, 0.2) is 5.58 Å². The van der Waals surface area contributed by atoms with Gasteiger partial charge in [-0.1, -0.05) is 135 Å². The Labute approximate surface area is 391 Å². The van der Waals surface area contributed by atoms with Gasteiger partial charge in [0.2, 0.25) is 0 Å². The van der Waals surface area contributed by atoms with E-state index < -0.39 is 0 Å². The zero-order valence-electron chi connectivity index (χ0n) is 37.5. The lowest BCUT2D eigenvalue weighted by Crippen LogP contribution is -2.31. The molecule has 0 unspecified atom stereocenters. The molecule has 14 aromatic rings. The first-order chi connectivity index (χ1) is 33.5. The molecule has 68 heavy (non-hydrogen) atoms. The molecule has 4 aromatic heterocycles. The maximum Gasteiger partial charge on any atom is 0.159 e. The molecule has 0 radical (unpaired) electrons. The van der Waals surface area contributed by atoms with E-state index in [0.29, 0.717) is 0 Å². The Balaban J connectivity index is 0.970. The van der Waals surface area contributed by atoms with E-state index in [1.165, 1.54) is 65.5 Å². The monoisotopic (exact) mass is 870 g/mol. The summed E-state index contributed by atoms with van der Waals surface area (Å²) in [5, 5.41) is 9.64. The topological polar surface area (TPSA) is 31.2 Å². The number of rotatable bonds is 4. The molecule has 15 rings (SSSR count). The lowest BCUT2D eigenvalue weighted by Gasteiger charge is -2.42. The van der Waals surface area contributed by atoms with Crippen molar-refractivity contribution in [1.82, 2.24) is 13.7 Å². The average molecular weight is 871 g/mol. The van der Waals surface area contributed by atoms with Crippen LogP contribution in [0.1, 0.15) is 25.0 Å². The van der Waals surface area contributed by atoms with Crippen LogP contribution >= 0.6 is 0 Å². The summed E-state index contributed by atoms with van der Waals surface area (Å²) in [5.41, 5.74) is 17.7. The first kappa shape index (κ1) is 37.4. The van der Waals surface area contributed by atoms with Crippen LogP contribution in [0, 0.1) is 0 Å². The largest absolute Gasteiger partial charge is 0.454 e. The number of anilines is 3. The molecule has 0 aliphatic carbocycles. The second kappa shape index (κ2) is 13.6. The number of fused-ring (bicyclic) bond motifs is 14. The Bertz CT molecular complexity index is 4110. The van der Waals surface area contributed by atoms with Crippen LogP contribution in [0.4, 0.5) is 17.1 Å². The van der Waals surface area contributed by atoms with Gasteiger partial charge in [-0.2, -0.15) is 0 Å². The molecule has 0 fully saturated rings. The lowest BCUT2D eigenvalue weighted by molar-refractivity contribution is 0.631. The minimum absolute atomic E-state index is 0.381. The van der Waals surface area contributed by atoms with Crippen molar-refractivity contribution < 1.29 is 4.42 Å². The molecule has 0 amide bonds. The molecule has 1 aliphatic rings. The molecule has 10 aromatic carbocycles. The summed E-state index contributed by atoms with van der Waals surface area (Å²) in [7, 11) is 0. The van der Waals surface area contributed by atoms with Crippen molar-refractivity contribution >= 4 is 104 Å². The van der Waals surface area contributed by atoms with Crippen LogP contribution in [0.15, 0.2) is 223 Å². The van der Waals surface area contributed by atoms with E-state index in [1.54, 1.807) is 0 Å². The third kappa shape index (κ3) is 4.99. The Morgan fingerprint density at radius 1 is 0.309 bits per heavy atom. The first-order valence-corrected chi connectivity index (χ1v) is 23.5. The van der Waals surface area contributed by atoms with E-state index in [0.717, 1.165) is 67.1 Å². The van der Waals surface area contributed by atoms with Gasteiger partial charge in [0, 0.05) is 65.6 Å². The summed E-state index contributed by atoms with van der Waals surface area (Å²) in [6, 6.07) is 80.0. The Morgan fingerprint density at radius 2 is 0.691 bits per heavy atom. The molecule has 320 valence electrons. The molecule has 0 spiro atoms. The number of furan rings is 1. The molecule has 0 N–H and O–H groups in total. The van der Waals surface area contributed by atoms with Gasteiger partial charge in [-0.15, -0.1) is 0 Å². The number of hydrogen-bond donors (Lipinski definition) is 0. The van der Waals surface area contributed by atoms with Gasteiger partial charge in [-0.05, 0) is 108 Å². The minimum atomic E-state index is -0.381. The van der Waals surface area contributed by atoms with E-state index in [1.807, 2.05) is 0 Å². The van der Waals surface area contributed by atoms with Crippen LogP contribution in [-0.4, -0.2) is 13.7 Å². The third-order valence-corrected chi connectivity index (χ3v) is 15.0. The molecule has 0 atom stereocenters. The van der Waals surface area contributed by atoms with Crippen LogP contribution in [0.3, 0.4) is 0 Å². The molecular formula is C63H42N4O. The zero-order chi connectivity index (χ0) is 44.8. The number of nitrogens with zero attached hydrogens (tertiary/aromatic N) is 4. The van der Waals surface area contributed by atoms with Gasteiger partial charge in [0.1, 0.15) is 5.58 Å². The highest BCUT2D eigenvalue weighted by Crippen LogP contribution is 2.54.